The van der Waals surface area contributed by atoms with E-state index in [0.717, 1.165) is 11.3 Å². The van der Waals surface area contributed by atoms with Gasteiger partial charge >= 0.3 is 5.97 Å². The summed E-state index contributed by atoms with van der Waals surface area (Å²) in [5.41, 5.74) is 0.498. The van der Waals surface area contributed by atoms with Crippen LogP contribution in [0, 0.1) is 0 Å². The van der Waals surface area contributed by atoms with Crippen LogP contribution in [0.2, 0.25) is 0 Å². The number of hydrogen-bond donors (Lipinski definition) is 0. The summed E-state index contributed by atoms with van der Waals surface area (Å²) in [5, 5.41) is 0. The molecule has 0 amide bonds. The zero-order valence-corrected chi connectivity index (χ0v) is 11.8. The first-order valence-electron chi connectivity index (χ1n) is 6.24. The lowest BCUT2D eigenvalue weighted by molar-refractivity contribution is -0.153. The van der Waals surface area contributed by atoms with Crippen molar-refractivity contribution in [2.24, 2.45) is 0 Å². The molecule has 1 aromatic carbocycles. The van der Waals surface area contributed by atoms with Crippen molar-refractivity contribution in [2.45, 2.75) is 52.7 Å². The summed E-state index contributed by atoms with van der Waals surface area (Å²) in [6, 6.07) is 7.53. The molecule has 0 heterocycles. The van der Waals surface area contributed by atoms with E-state index in [1.165, 1.54) is 0 Å². The van der Waals surface area contributed by atoms with Gasteiger partial charge < -0.3 is 9.47 Å². The minimum absolute atomic E-state index is 0.154. The maximum absolute atomic E-state index is 11.6. The maximum atomic E-state index is 11.6. The number of carbonyl (C=O) groups excluding carboxylic acids is 1. The molecule has 0 radical (unpaired) electrons. The predicted octanol–water partition coefficient (Wildman–Crippen LogP) is 3.36. The van der Waals surface area contributed by atoms with E-state index in [1.807, 2.05) is 58.9 Å². The molecule has 3 heteroatoms. The highest BCUT2D eigenvalue weighted by atomic mass is 16.6. The van der Waals surface area contributed by atoms with Crippen molar-refractivity contribution in [3.8, 4) is 5.75 Å². The SMILES string of the molecule is CC(C)Oc1ccc(CC(=O)OC(C)(C)C)cc1. The zero-order valence-electron chi connectivity index (χ0n) is 11.8. The number of rotatable bonds is 4. The Bertz CT molecular complexity index is 385. The summed E-state index contributed by atoms with van der Waals surface area (Å²) in [6.45, 7) is 9.56. The van der Waals surface area contributed by atoms with E-state index in [9.17, 15) is 4.79 Å². The average molecular weight is 250 g/mol. The van der Waals surface area contributed by atoms with Crippen LogP contribution in [0.4, 0.5) is 0 Å². The molecule has 0 bridgehead atoms. The maximum Gasteiger partial charge on any atom is 0.310 e. The van der Waals surface area contributed by atoms with Crippen LogP contribution in [0.1, 0.15) is 40.2 Å². The molecule has 0 saturated carbocycles. The first-order chi connectivity index (χ1) is 8.26. The molecular formula is C15H22O3. The number of benzene rings is 1. The molecule has 0 aliphatic carbocycles. The Morgan fingerprint density at radius 3 is 2.17 bits per heavy atom. The summed E-state index contributed by atoms with van der Waals surface area (Å²) >= 11 is 0. The topological polar surface area (TPSA) is 35.5 Å². The Hall–Kier alpha value is -1.51. The molecule has 0 saturated heterocycles. The lowest BCUT2D eigenvalue weighted by Gasteiger charge is -2.19. The van der Waals surface area contributed by atoms with Gasteiger partial charge in [0.2, 0.25) is 0 Å². The molecular weight excluding hydrogens is 228 g/mol. The van der Waals surface area contributed by atoms with Gasteiger partial charge in [-0.05, 0) is 52.3 Å². The number of hydrogen-bond acceptors (Lipinski definition) is 3. The highest BCUT2D eigenvalue weighted by molar-refractivity contribution is 5.73. The fourth-order valence-electron chi connectivity index (χ4n) is 1.50. The van der Waals surface area contributed by atoms with Gasteiger partial charge in [-0.2, -0.15) is 0 Å². The van der Waals surface area contributed by atoms with Crippen molar-refractivity contribution in [1.29, 1.82) is 0 Å². The van der Waals surface area contributed by atoms with Crippen molar-refractivity contribution in [3.63, 3.8) is 0 Å². The minimum Gasteiger partial charge on any atom is -0.491 e. The summed E-state index contributed by atoms with van der Waals surface area (Å²) in [4.78, 5) is 11.6. The molecule has 0 spiro atoms. The van der Waals surface area contributed by atoms with Gasteiger partial charge in [-0.25, -0.2) is 0 Å². The molecule has 1 aromatic rings. The summed E-state index contributed by atoms with van der Waals surface area (Å²) in [5.74, 6) is 0.609. The second kappa shape index (κ2) is 5.89. The smallest absolute Gasteiger partial charge is 0.310 e. The van der Waals surface area contributed by atoms with Crippen LogP contribution in [-0.4, -0.2) is 17.7 Å². The third kappa shape index (κ3) is 5.71. The molecule has 0 unspecified atom stereocenters. The van der Waals surface area contributed by atoms with E-state index in [4.69, 9.17) is 9.47 Å². The van der Waals surface area contributed by atoms with Gasteiger partial charge in [0.05, 0.1) is 12.5 Å². The average Bonchev–Trinajstić information content (AvgIpc) is 2.17. The summed E-state index contributed by atoms with van der Waals surface area (Å²) in [6.07, 6.45) is 0.445. The second-order valence-corrected chi connectivity index (χ2v) is 5.57. The fourth-order valence-corrected chi connectivity index (χ4v) is 1.50. The molecule has 18 heavy (non-hydrogen) atoms. The standard InChI is InChI=1S/C15H22O3/c1-11(2)17-13-8-6-12(7-9-13)10-14(16)18-15(3,4)5/h6-9,11H,10H2,1-5H3. The van der Waals surface area contributed by atoms with Crippen LogP contribution in [0.25, 0.3) is 0 Å². The van der Waals surface area contributed by atoms with E-state index in [-0.39, 0.29) is 12.1 Å². The van der Waals surface area contributed by atoms with Crippen LogP contribution >= 0.6 is 0 Å². The van der Waals surface area contributed by atoms with Crippen molar-refractivity contribution in [1.82, 2.24) is 0 Å². The molecule has 0 aromatic heterocycles. The van der Waals surface area contributed by atoms with E-state index in [1.54, 1.807) is 0 Å². The summed E-state index contributed by atoms with van der Waals surface area (Å²) in [7, 11) is 0. The Morgan fingerprint density at radius 2 is 1.72 bits per heavy atom. The molecule has 0 N–H and O–H groups in total. The van der Waals surface area contributed by atoms with Crippen molar-refractivity contribution < 1.29 is 14.3 Å². The highest BCUT2D eigenvalue weighted by Gasteiger charge is 2.16. The van der Waals surface area contributed by atoms with Crippen LogP contribution in [0.3, 0.4) is 0 Å². The van der Waals surface area contributed by atoms with Gasteiger partial charge in [-0.3, -0.25) is 4.79 Å². The van der Waals surface area contributed by atoms with Crippen LogP contribution < -0.4 is 4.74 Å². The van der Waals surface area contributed by atoms with Gasteiger partial charge in [0.15, 0.2) is 0 Å². The Balaban J connectivity index is 2.56. The third-order valence-corrected chi connectivity index (χ3v) is 2.06. The molecule has 0 atom stereocenters. The molecule has 0 fully saturated rings. The molecule has 100 valence electrons. The molecule has 3 nitrogen and oxygen atoms in total. The van der Waals surface area contributed by atoms with Gasteiger partial charge in [0.1, 0.15) is 11.4 Å². The Labute approximate surface area is 109 Å². The van der Waals surface area contributed by atoms with E-state index < -0.39 is 5.60 Å². The van der Waals surface area contributed by atoms with Crippen molar-refractivity contribution in [2.75, 3.05) is 0 Å². The van der Waals surface area contributed by atoms with Crippen LogP contribution in [0.5, 0.6) is 5.75 Å². The largest absolute Gasteiger partial charge is 0.491 e. The molecule has 1 rings (SSSR count). The van der Waals surface area contributed by atoms with Gasteiger partial charge in [0.25, 0.3) is 0 Å². The van der Waals surface area contributed by atoms with Gasteiger partial charge in [-0.15, -0.1) is 0 Å². The van der Waals surface area contributed by atoms with Crippen molar-refractivity contribution >= 4 is 5.97 Å². The predicted molar refractivity (Wildman–Crippen MR) is 71.8 cm³/mol. The first kappa shape index (κ1) is 14.6. The zero-order chi connectivity index (χ0) is 13.8. The van der Waals surface area contributed by atoms with E-state index >= 15 is 0 Å². The van der Waals surface area contributed by atoms with Gasteiger partial charge in [0, 0.05) is 0 Å². The monoisotopic (exact) mass is 250 g/mol. The van der Waals surface area contributed by atoms with E-state index in [2.05, 4.69) is 0 Å². The lowest BCUT2D eigenvalue weighted by atomic mass is 10.1. The van der Waals surface area contributed by atoms with Gasteiger partial charge in [-0.1, -0.05) is 12.1 Å². The number of carbonyl (C=O) groups is 1. The second-order valence-electron chi connectivity index (χ2n) is 5.57. The first-order valence-corrected chi connectivity index (χ1v) is 6.24. The Morgan fingerprint density at radius 1 is 1.17 bits per heavy atom. The van der Waals surface area contributed by atoms with Crippen molar-refractivity contribution in [3.05, 3.63) is 29.8 Å². The summed E-state index contributed by atoms with van der Waals surface area (Å²) < 4.78 is 10.8. The molecule has 0 aliphatic heterocycles. The van der Waals surface area contributed by atoms with Crippen LogP contribution in [-0.2, 0) is 16.0 Å². The van der Waals surface area contributed by atoms with E-state index in [0.29, 0.717) is 6.42 Å². The minimum atomic E-state index is -0.433. The Kier molecular flexibility index (Phi) is 4.76. The highest BCUT2D eigenvalue weighted by Crippen LogP contribution is 2.15. The third-order valence-electron chi connectivity index (χ3n) is 2.06. The quantitative estimate of drug-likeness (QED) is 0.769. The lowest BCUT2D eigenvalue weighted by Crippen LogP contribution is -2.24. The fraction of sp³-hybridized carbons (Fsp3) is 0.533. The number of ether oxygens (including phenoxy) is 2. The normalized spacial score (nSPS) is 11.4. The molecule has 0 aliphatic rings. The van der Waals surface area contributed by atoms with Crippen LogP contribution in [0.15, 0.2) is 24.3 Å². The number of esters is 1.